The number of piperazine rings is 1. The second-order valence-corrected chi connectivity index (χ2v) is 9.13. The number of nitrogens with one attached hydrogen (secondary N) is 1. The molecule has 1 aliphatic heterocycles. The van der Waals surface area contributed by atoms with Crippen LogP contribution in [0, 0.1) is 6.92 Å². The van der Waals surface area contributed by atoms with Crippen molar-refractivity contribution in [1.29, 1.82) is 0 Å². The molecule has 5 nitrogen and oxygen atoms in total. The Bertz CT molecular complexity index is 862. The third-order valence-electron chi connectivity index (χ3n) is 5.88. The summed E-state index contributed by atoms with van der Waals surface area (Å²) in [5.41, 5.74) is 3.41. The Morgan fingerprint density at radius 1 is 1.10 bits per heavy atom. The molecule has 0 aromatic heterocycles. The van der Waals surface area contributed by atoms with Crippen molar-refractivity contribution < 1.29 is 9.53 Å². The van der Waals surface area contributed by atoms with E-state index in [2.05, 4.69) is 60.3 Å². The molecule has 1 N–H and O–H groups in total. The number of ether oxygens (including phenoxy) is 1. The number of hydrogen-bond donors (Lipinski definition) is 1. The standard InChI is InChI=1S/C25H34ClN3O2/c1-18(2)22-10-5-19(3)15-24(22)31-17-25(30)27-16-23(20-6-8-21(26)9-7-20)29-13-11-28(4)12-14-29/h5-10,15,18,23H,11-14,16-17H2,1-4H3,(H,27,30)/t23-/m0/s1. The molecule has 6 heteroatoms. The summed E-state index contributed by atoms with van der Waals surface area (Å²) in [4.78, 5) is 17.4. The number of amides is 1. The van der Waals surface area contributed by atoms with E-state index in [1.54, 1.807) is 0 Å². The molecule has 2 aromatic rings. The fraction of sp³-hybridized carbons (Fsp3) is 0.480. The van der Waals surface area contributed by atoms with Crippen LogP contribution < -0.4 is 10.1 Å². The van der Waals surface area contributed by atoms with E-state index in [1.807, 2.05) is 25.1 Å². The van der Waals surface area contributed by atoms with Gasteiger partial charge < -0.3 is 15.0 Å². The van der Waals surface area contributed by atoms with Gasteiger partial charge in [0.25, 0.3) is 5.91 Å². The maximum absolute atomic E-state index is 12.6. The van der Waals surface area contributed by atoms with E-state index in [1.165, 1.54) is 0 Å². The minimum Gasteiger partial charge on any atom is -0.483 e. The largest absolute Gasteiger partial charge is 0.483 e. The van der Waals surface area contributed by atoms with Gasteiger partial charge in [0.2, 0.25) is 0 Å². The summed E-state index contributed by atoms with van der Waals surface area (Å²) < 4.78 is 5.90. The Labute approximate surface area is 191 Å². The molecule has 1 saturated heterocycles. The number of likely N-dealkylation sites (N-methyl/N-ethyl adjacent to an activating group) is 1. The van der Waals surface area contributed by atoms with Gasteiger partial charge in [-0.05, 0) is 54.8 Å². The summed E-state index contributed by atoms with van der Waals surface area (Å²) in [5, 5.41) is 3.81. The van der Waals surface area contributed by atoms with E-state index in [0.717, 1.165) is 53.6 Å². The highest BCUT2D eigenvalue weighted by Gasteiger charge is 2.24. The van der Waals surface area contributed by atoms with E-state index in [0.29, 0.717) is 12.5 Å². The average Bonchev–Trinajstić information content (AvgIpc) is 2.74. The number of aryl methyl sites for hydroxylation is 1. The summed E-state index contributed by atoms with van der Waals surface area (Å²) >= 11 is 6.09. The van der Waals surface area contributed by atoms with Crippen molar-refractivity contribution in [3.8, 4) is 5.75 Å². The molecule has 1 amide bonds. The molecule has 2 aromatic carbocycles. The number of carbonyl (C=O) groups is 1. The van der Waals surface area contributed by atoms with Gasteiger partial charge in [0, 0.05) is 37.7 Å². The fourth-order valence-electron chi connectivity index (χ4n) is 3.92. The number of halogens is 1. The van der Waals surface area contributed by atoms with Crippen molar-refractivity contribution >= 4 is 17.5 Å². The summed E-state index contributed by atoms with van der Waals surface area (Å²) in [6.07, 6.45) is 0. The van der Waals surface area contributed by atoms with Gasteiger partial charge in [-0.3, -0.25) is 9.69 Å². The van der Waals surface area contributed by atoms with E-state index in [4.69, 9.17) is 16.3 Å². The molecule has 31 heavy (non-hydrogen) atoms. The van der Waals surface area contributed by atoms with Gasteiger partial charge in [0.15, 0.2) is 6.61 Å². The van der Waals surface area contributed by atoms with Crippen LogP contribution in [-0.2, 0) is 4.79 Å². The van der Waals surface area contributed by atoms with E-state index in [9.17, 15) is 4.79 Å². The molecule has 0 radical (unpaired) electrons. The Hall–Kier alpha value is -2.08. The number of nitrogens with zero attached hydrogens (tertiary/aromatic N) is 2. The van der Waals surface area contributed by atoms with Crippen molar-refractivity contribution in [2.45, 2.75) is 32.7 Å². The van der Waals surface area contributed by atoms with Crippen molar-refractivity contribution in [1.82, 2.24) is 15.1 Å². The second kappa shape index (κ2) is 11.0. The number of hydrogen-bond acceptors (Lipinski definition) is 4. The SMILES string of the molecule is Cc1ccc(C(C)C)c(OCC(=O)NC[C@@H](c2ccc(Cl)cc2)N2CCN(C)CC2)c1. The zero-order valence-corrected chi connectivity index (χ0v) is 19.8. The van der Waals surface area contributed by atoms with Crippen LogP contribution in [0.15, 0.2) is 42.5 Å². The van der Waals surface area contributed by atoms with Crippen LogP contribution in [0.3, 0.4) is 0 Å². The first-order chi connectivity index (χ1) is 14.8. The van der Waals surface area contributed by atoms with Gasteiger partial charge in [-0.2, -0.15) is 0 Å². The number of benzene rings is 2. The van der Waals surface area contributed by atoms with Crippen molar-refractivity contribution in [3.63, 3.8) is 0 Å². The molecule has 0 bridgehead atoms. The van der Waals surface area contributed by atoms with Gasteiger partial charge in [0.1, 0.15) is 5.75 Å². The lowest BCUT2D eigenvalue weighted by atomic mass is 10.0. The van der Waals surface area contributed by atoms with Gasteiger partial charge >= 0.3 is 0 Å². The molecule has 0 unspecified atom stereocenters. The Morgan fingerprint density at radius 2 is 1.77 bits per heavy atom. The highest BCUT2D eigenvalue weighted by Crippen LogP contribution is 2.27. The van der Waals surface area contributed by atoms with Crippen LogP contribution in [0.4, 0.5) is 0 Å². The first kappa shape index (κ1) is 23.6. The van der Waals surface area contributed by atoms with Crippen LogP contribution in [0.25, 0.3) is 0 Å². The summed E-state index contributed by atoms with van der Waals surface area (Å²) in [5.74, 6) is 1.02. The van der Waals surface area contributed by atoms with Crippen molar-refractivity contribution in [2.75, 3.05) is 46.4 Å². The Balaban J connectivity index is 1.62. The first-order valence-corrected chi connectivity index (χ1v) is 11.4. The van der Waals surface area contributed by atoms with Crippen LogP contribution in [-0.4, -0.2) is 62.1 Å². The predicted octanol–water partition coefficient (Wildman–Crippen LogP) is 4.26. The molecular weight excluding hydrogens is 410 g/mol. The average molecular weight is 444 g/mol. The Morgan fingerprint density at radius 3 is 2.42 bits per heavy atom. The second-order valence-electron chi connectivity index (χ2n) is 8.70. The van der Waals surface area contributed by atoms with Crippen LogP contribution >= 0.6 is 11.6 Å². The monoisotopic (exact) mass is 443 g/mol. The lowest BCUT2D eigenvalue weighted by Crippen LogP contribution is -2.48. The zero-order chi connectivity index (χ0) is 22.4. The van der Waals surface area contributed by atoms with Crippen LogP contribution in [0.5, 0.6) is 5.75 Å². The minimum atomic E-state index is -0.107. The van der Waals surface area contributed by atoms with Crippen molar-refractivity contribution in [2.24, 2.45) is 0 Å². The summed E-state index contributed by atoms with van der Waals surface area (Å²) in [7, 11) is 2.14. The Kier molecular flexibility index (Phi) is 8.35. The predicted molar refractivity (Wildman–Crippen MR) is 127 cm³/mol. The fourth-order valence-corrected chi connectivity index (χ4v) is 4.05. The quantitative estimate of drug-likeness (QED) is 0.662. The lowest BCUT2D eigenvalue weighted by molar-refractivity contribution is -0.123. The number of rotatable bonds is 8. The maximum Gasteiger partial charge on any atom is 0.258 e. The molecule has 1 aliphatic rings. The van der Waals surface area contributed by atoms with Gasteiger partial charge in [0.05, 0.1) is 6.04 Å². The molecule has 168 valence electrons. The topological polar surface area (TPSA) is 44.8 Å². The molecule has 1 fully saturated rings. The molecule has 1 heterocycles. The molecule has 0 saturated carbocycles. The highest BCUT2D eigenvalue weighted by molar-refractivity contribution is 6.30. The molecule has 1 atom stereocenters. The minimum absolute atomic E-state index is 0.0131. The zero-order valence-electron chi connectivity index (χ0n) is 19.0. The van der Waals surface area contributed by atoms with E-state index >= 15 is 0 Å². The van der Waals surface area contributed by atoms with Gasteiger partial charge in [-0.15, -0.1) is 0 Å². The van der Waals surface area contributed by atoms with Crippen LogP contribution in [0.1, 0.15) is 42.5 Å². The van der Waals surface area contributed by atoms with Gasteiger partial charge in [-0.25, -0.2) is 0 Å². The molecule has 0 spiro atoms. The lowest BCUT2D eigenvalue weighted by Gasteiger charge is -2.38. The first-order valence-electron chi connectivity index (χ1n) is 11.0. The summed E-state index contributed by atoms with van der Waals surface area (Å²) in [6.45, 7) is 10.8. The van der Waals surface area contributed by atoms with Crippen LogP contribution in [0.2, 0.25) is 5.02 Å². The smallest absolute Gasteiger partial charge is 0.258 e. The normalized spacial score (nSPS) is 16.3. The highest BCUT2D eigenvalue weighted by atomic mass is 35.5. The number of carbonyl (C=O) groups excluding carboxylic acids is 1. The molecular formula is C25H34ClN3O2. The van der Waals surface area contributed by atoms with Crippen molar-refractivity contribution in [3.05, 3.63) is 64.2 Å². The molecule has 3 rings (SSSR count). The van der Waals surface area contributed by atoms with E-state index in [-0.39, 0.29) is 18.6 Å². The summed E-state index contributed by atoms with van der Waals surface area (Å²) in [6, 6.07) is 14.2. The molecule has 0 aliphatic carbocycles. The third-order valence-corrected chi connectivity index (χ3v) is 6.13. The maximum atomic E-state index is 12.6. The van der Waals surface area contributed by atoms with Gasteiger partial charge in [-0.1, -0.05) is 49.7 Å². The van der Waals surface area contributed by atoms with E-state index < -0.39 is 0 Å². The third kappa shape index (κ3) is 6.70.